The second-order valence-corrected chi connectivity index (χ2v) is 8.27. The number of carbonyl (C=O) groups is 3. The van der Waals surface area contributed by atoms with Crippen LogP contribution in [0.4, 0.5) is 20.2 Å². The molecular weight excluding hydrogens is 440 g/mol. The van der Waals surface area contributed by atoms with Crippen LogP contribution in [0.15, 0.2) is 53.4 Å². The van der Waals surface area contributed by atoms with E-state index >= 15 is 0 Å². The monoisotopic (exact) mass is 463 g/mol. The van der Waals surface area contributed by atoms with Crippen molar-refractivity contribution >= 4 is 40.9 Å². The van der Waals surface area contributed by atoms with E-state index in [0.29, 0.717) is 54.0 Å². The number of likely N-dealkylation sites (tertiary alicyclic amines) is 1. The van der Waals surface area contributed by atoms with E-state index in [1.807, 2.05) is 0 Å². The van der Waals surface area contributed by atoms with Gasteiger partial charge in [-0.15, -0.1) is 0 Å². The van der Waals surface area contributed by atoms with E-state index in [4.69, 9.17) is 10.5 Å². The molecule has 0 unspecified atom stereocenters. The van der Waals surface area contributed by atoms with Gasteiger partial charge >= 0.3 is 5.97 Å². The van der Waals surface area contributed by atoms with E-state index in [0.717, 1.165) is 0 Å². The van der Waals surface area contributed by atoms with Gasteiger partial charge in [-0.05, 0) is 49.2 Å². The molecule has 0 radical (unpaired) electrons. The maximum Gasteiger partial charge on any atom is 0.340 e. The molecule has 3 N–H and O–H groups in total. The van der Waals surface area contributed by atoms with Gasteiger partial charge in [-0.25, -0.2) is 4.79 Å². The number of ether oxygens (including phenoxy) is 1. The Morgan fingerprint density at radius 3 is 2.38 bits per heavy atom. The minimum absolute atomic E-state index is 0.234. The Morgan fingerprint density at radius 1 is 1.09 bits per heavy atom. The van der Waals surface area contributed by atoms with Gasteiger partial charge in [0.2, 0.25) is 5.91 Å². The van der Waals surface area contributed by atoms with Crippen LogP contribution in [-0.4, -0.2) is 48.1 Å². The molecule has 1 saturated heterocycles. The molecule has 0 atom stereocenters. The Labute approximate surface area is 188 Å². The zero-order chi connectivity index (χ0) is 23.1. The fourth-order valence-corrected chi connectivity index (χ4v) is 3.85. The molecule has 170 valence electrons. The van der Waals surface area contributed by atoms with Crippen molar-refractivity contribution in [2.24, 2.45) is 11.7 Å². The number of para-hydroxylation sites is 1. The fourth-order valence-electron chi connectivity index (χ4n) is 3.36. The van der Waals surface area contributed by atoms with Crippen molar-refractivity contribution in [1.82, 2.24) is 4.90 Å². The second-order valence-electron chi connectivity index (χ2n) is 7.21. The predicted octanol–water partition coefficient (Wildman–Crippen LogP) is 3.63. The smallest absolute Gasteiger partial charge is 0.340 e. The van der Waals surface area contributed by atoms with Crippen LogP contribution in [0.1, 0.15) is 23.2 Å². The zero-order valence-electron chi connectivity index (χ0n) is 17.1. The third kappa shape index (κ3) is 6.43. The summed E-state index contributed by atoms with van der Waals surface area (Å²) in [4.78, 5) is 38.2. The van der Waals surface area contributed by atoms with Crippen LogP contribution in [0.2, 0.25) is 0 Å². The van der Waals surface area contributed by atoms with E-state index < -0.39 is 18.3 Å². The van der Waals surface area contributed by atoms with Gasteiger partial charge in [-0.3, -0.25) is 9.59 Å². The predicted molar refractivity (Wildman–Crippen MR) is 117 cm³/mol. The van der Waals surface area contributed by atoms with Gasteiger partial charge in [0.05, 0.1) is 11.3 Å². The number of thioether (sulfide) groups is 1. The molecule has 1 aliphatic heterocycles. The molecule has 0 bridgehead atoms. The highest BCUT2D eigenvalue weighted by molar-refractivity contribution is 7.99. The SMILES string of the molecule is NC(=O)C1CCN(C(=O)COC(=O)c2ccccc2Nc2ccc(SC(F)F)cc2)CC1. The van der Waals surface area contributed by atoms with Crippen LogP contribution >= 0.6 is 11.8 Å². The summed E-state index contributed by atoms with van der Waals surface area (Å²) >= 11 is 0.450. The first-order valence-corrected chi connectivity index (χ1v) is 10.9. The van der Waals surface area contributed by atoms with Crippen molar-refractivity contribution in [1.29, 1.82) is 0 Å². The number of piperidine rings is 1. The summed E-state index contributed by atoms with van der Waals surface area (Å²) < 4.78 is 30.1. The van der Waals surface area contributed by atoms with Gasteiger partial charge in [0.1, 0.15) is 0 Å². The molecule has 0 aromatic heterocycles. The average molecular weight is 464 g/mol. The topological polar surface area (TPSA) is 102 Å². The van der Waals surface area contributed by atoms with Crippen LogP contribution in [0.3, 0.4) is 0 Å². The highest BCUT2D eigenvalue weighted by atomic mass is 32.2. The number of nitrogens with zero attached hydrogens (tertiary/aromatic N) is 1. The number of halogens is 2. The van der Waals surface area contributed by atoms with Gasteiger partial charge in [-0.2, -0.15) is 8.78 Å². The minimum atomic E-state index is -2.50. The normalized spacial score (nSPS) is 14.3. The van der Waals surface area contributed by atoms with Crippen LogP contribution in [0, 0.1) is 5.92 Å². The summed E-state index contributed by atoms with van der Waals surface area (Å²) in [6, 6.07) is 13.0. The number of nitrogens with one attached hydrogen (secondary N) is 1. The number of anilines is 2. The summed E-state index contributed by atoms with van der Waals surface area (Å²) in [5, 5.41) is 3.06. The van der Waals surface area contributed by atoms with Crippen LogP contribution in [0.5, 0.6) is 0 Å². The largest absolute Gasteiger partial charge is 0.452 e. The number of primary amides is 1. The van der Waals surface area contributed by atoms with Crippen molar-refractivity contribution < 1.29 is 27.9 Å². The summed E-state index contributed by atoms with van der Waals surface area (Å²) in [6.45, 7) is 0.373. The van der Waals surface area contributed by atoms with E-state index in [1.54, 1.807) is 53.4 Å². The molecule has 1 fully saturated rings. The van der Waals surface area contributed by atoms with E-state index in [1.165, 1.54) is 0 Å². The maximum atomic E-state index is 12.6. The number of benzene rings is 2. The lowest BCUT2D eigenvalue weighted by atomic mass is 9.96. The Balaban J connectivity index is 1.57. The third-order valence-corrected chi connectivity index (χ3v) is 5.80. The quantitative estimate of drug-likeness (QED) is 0.458. The summed E-state index contributed by atoms with van der Waals surface area (Å²) in [5.41, 5.74) is 6.60. The number of nitrogens with two attached hydrogens (primary N) is 1. The number of hydrogen-bond acceptors (Lipinski definition) is 6. The molecule has 3 rings (SSSR count). The molecule has 7 nitrogen and oxygen atoms in total. The molecule has 0 spiro atoms. The summed E-state index contributed by atoms with van der Waals surface area (Å²) in [7, 11) is 0. The zero-order valence-corrected chi connectivity index (χ0v) is 17.9. The number of esters is 1. The fraction of sp³-hybridized carbons (Fsp3) is 0.318. The Hall–Kier alpha value is -3.14. The van der Waals surface area contributed by atoms with E-state index in [2.05, 4.69) is 5.32 Å². The Kier molecular flexibility index (Phi) is 8.04. The minimum Gasteiger partial charge on any atom is -0.452 e. The first-order valence-electron chi connectivity index (χ1n) is 9.98. The number of alkyl halides is 2. The average Bonchev–Trinajstić information content (AvgIpc) is 2.78. The number of rotatable bonds is 8. The van der Waals surface area contributed by atoms with Crippen molar-refractivity contribution in [3.8, 4) is 0 Å². The molecule has 10 heteroatoms. The summed E-state index contributed by atoms with van der Waals surface area (Å²) in [6.07, 6.45) is 0.993. The highest BCUT2D eigenvalue weighted by Crippen LogP contribution is 2.28. The highest BCUT2D eigenvalue weighted by Gasteiger charge is 2.26. The molecule has 2 aromatic rings. The Bertz CT molecular complexity index is 964. The summed E-state index contributed by atoms with van der Waals surface area (Å²) in [5.74, 6) is -4.10. The molecule has 1 aliphatic rings. The second kappa shape index (κ2) is 10.9. The van der Waals surface area contributed by atoms with Crippen LogP contribution in [0.25, 0.3) is 0 Å². The maximum absolute atomic E-state index is 12.6. The molecule has 1 heterocycles. The van der Waals surface area contributed by atoms with Crippen molar-refractivity contribution in [2.45, 2.75) is 23.5 Å². The van der Waals surface area contributed by atoms with Crippen molar-refractivity contribution in [3.05, 3.63) is 54.1 Å². The number of carbonyl (C=O) groups excluding carboxylic acids is 3. The standard InChI is InChI=1S/C22H23F2N3O4S/c23-22(24)32-16-7-5-15(6-8-16)26-18-4-2-1-3-17(18)21(30)31-13-19(28)27-11-9-14(10-12-27)20(25)29/h1-8,14,22,26H,9-13H2,(H2,25,29). The van der Waals surface area contributed by atoms with Gasteiger partial charge in [0, 0.05) is 29.6 Å². The Morgan fingerprint density at radius 2 is 1.75 bits per heavy atom. The lowest BCUT2D eigenvalue weighted by Crippen LogP contribution is -2.43. The van der Waals surface area contributed by atoms with Gasteiger partial charge in [0.15, 0.2) is 6.61 Å². The molecule has 2 amide bonds. The van der Waals surface area contributed by atoms with Gasteiger partial charge in [0.25, 0.3) is 11.7 Å². The lowest BCUT2D eigenvalue weighted by Gasteiger charge is -2.30. The molecular formula is C22H23F2N3O4S. The lowest BCUT2D eigenvalue weighted by molar-refractivity contribution is -0.137. The van der Waals surface area contributed by atoms with Crippen LogP contribution in [-0.2, 0) is 14.3 Å². The molecule has 0 saturated carbocycles. The van der Waals surface area contributed by atoms with Gasteiger partial charge < -0.3 is 20.7 Å². The first-order chi connectivity index (χ1) is 15.3. The van der Waals surface area contributed by atoms with Gasteiger partial charge in [-0.1, -0.05) is 23.9 Å². The van der Waals surface area contributed by atoms with Crippen molar-refractivity contribution in [2.75, 3.05) is 25.0 Å². The van der Waals surface area contributed by atoms with Crippen LogP contribution < -0.4 is 11.1 Å². The first kappa shape index (κ1) is 23.5. The molecule has 32 heavy (non-hydrogen) atoms. The number of hydrogen-bond donors (Lipinski definition) is 2. The number of amides is 2. The van der Waals surface area contributed by atoms with E-state index in [-0.39, 0.29) is 23.3 Å². The van der Waals surface area contributed by atoms with Crippen molar-refractivity contribution in [3.63, 3.8) is 0 Å². The molecule has 2 aromatic carbocycles. The third-order valence-electron chi connectivity index (χ3n) is 5.08. The van der Waals surface area contributed by atoms with E-state index in [9.17, 15) is 23.2 Å². The molecule has 0 aliphatic carbocycles.